The lowest BCUT2D eigenvalue weighted by Crippen LogP contribution is -2.46. The van der Waals surface area contributed by atoms with Gasteiger partial charge in [-0.2, -0.15) is 5.26 Å². The standard InChI is InChI=1S/C21H21N5O4S/c1-2-30-21(27)18-12-24-20-17(6-7-23-20)19(18)25-15-9-16(10-15)31(28,29)26-14-5-3-4-13(8-14)11-22/h3-8,12,15-16,26H,2,9-10H2,1H3,(H2,23,24,25). The predicted octanol–water partition coefficient (Wildman–Crippen LogP) is 3.00. The number of benzene rings is 1. The molecule has 31 heavy (non-hydrogen) atoms. The number of aromatic nitrogens is 2. The van der Waals surface area contributed by atoms with E-state index in [1.165, 1.54) is 12.3 Å². The fourth-order valence-corrected chi connectivity index (χ4v) is 5.16. The van der Waals surface area contributed by atoms with Crippen LogP contribution in [0.5, 0.6) is 0 Å². The number of hydrogen-bond acceptors (Lipinski definition) is 7. The van der Waals surface area contributed by atoms with Crippen LogP contribution in [0.4, 0.5) is 11.4 Å². The van der Waals surface area contributed by atoms with Gasteiger partial charge in [0.1, 0.15) is 11.2 Å². The molecule has 0 aliphatic heterocycles. The highest BCUT2D eigenvalue weighted by atomic mass is 32.2. The first-order valence-electron chi connectivity index (χ1n) is 9.82. The highest BCUT2D eigenvalue weighted by Crippen LogP contribution is 2.34. The topological polar surface area (TPSA) is 137 Å². The maximum atomic E-state index is 12.7. The van der Waals surface area contributed by atoms with Gasteiger partial charge < -0.3 is 15.0 Å². The number of aromatic amines is 1. The second-order valence-electron chi connectivity index (χ2n) is 7.28. The van der Waals surface area contributed by atoms with Crippen LogP contribution in [-0.2, 0) is 14.8 Å². The molecule has 10 heteroatoms. The maximum absolute atomic E-state index is 12.7. The molecule has 0 saturated heterocycles. The summed E-state index contributed by atoms with van der Waals surface area (Å²) in [5, 5.41) is 12.4. The van der Waals surface area contributed by atoms with Crippen molar-refractivity contribution in [2.75, 3.05) is 16.6 Å². The second-order valence-corrected chi connectivity index (χ2v) is 9.24. The van der Waals surface area contributed by atoms with E-state index < -0.39 is 21.2 Å². The van der Waals surface area contributed by atoms with Crippen LogP contribution >= 0.6 is 0 Å². The third kappa shape index (κ3) is 4.18. The average Bonchev–Trinajstić information content (AvgIpc) is 3.19. The van der Waals surface area contributed by atoms with E-state index in [9.17, 15) is 13.2 Å². The zero-order valence-corrected chi connectivity index (χ0v) is 17.6. The van der Waals surface area contributed by atoms with E-state index in [1.807, 2.05) is 12.1 Å². The Bertz CT molecular complexity index is 1270. The molecular weight excluding hydrogens is 418 g/mol. The Morgan fingerprint density at radius 2 is 2.16 bits per heavy atom. The van der Waals surface area contributed by atoms with Crippen LogP contribution in [0.25, 0.3) is 11.0 Å². The summed E-state index contributed by atoms with van der Waals surface area (Å²) in [7, 11) is -3.60. The van der Waals surface area contributed by atoms with Crippen LogP contribution < -0.4 is 10.0 Å². The van der Waals surface area contributed by atoms with Crippen LogP contribution in [0, 0.1) is 11.3 Å². The van der Waals surface area contributed by atoms with Gasteiger partial charge in [-0.05, 0) is 44.0 Å². The van der Waals surface area contributed by atoms with Crippen molar-refractivity contribution >= 4 is 38.4 Å². The monoisotopic (exact) mass is 439 g/mol. The van der Waals surface area contributed by atoms with Crippen molar-refractivity contribution in [2.24, 2.45) is 0 Å². The molecule has 1 aromatic carbocycles. The summed E-state index contributed by atoms with van der Waals surface area (Å²) >= 11 is 0. The third-order valence-electron chi connectivity index (χ3n) is 5.22. The number of ether oxygens (including phenoxy) is 1. The van der Waals surface area contributed by atoms with Crippen LogP contribution in [-0.4, -0.2) is 42.3 Å². The van der Waals surface area contributed by atoms with Crippen LogP contribution in [0.2, 0.25) is 0 Å². The molecule has 4 rings (SSSR count). The van der Waals surface area contributed by atoms with Gasteiger partial charge in [-0.15, -0.1) is 0 Å². The SMILES string of the molecule is CCOC(=O)c1cnc2[nH]ccc2c1NC1CC(S(=O)(=O)Nc2cccc(C#N)c2)C1. The minimum Gasteiger partial charge on any atom is -0.462 e. The van der Waals surface area contributed by atoms with E-state index in [0.717, 1.165) is 5.39 Å². The Balaban J connectivity index is 1.48. The Labute approximate surface area is 179 Å². The molecule has 0 amide bonds. The highest BCUT2D eigenvalue weighted by molar-refractivity contribution is 7.93. The summed E-state index contributed by atoms with van der Waals surface area (Å²) in [5.74, 6) is -0.483. The van der Waals surface area contributed by atoms with Gasteiger partial charge in [0.25, 0.3) is 0 Å². The number of carbonyl (C=O) groups excluding carboxylic acids is 1. The average molecular weight is 439 g/mol. The summed E-state index contributed by atoms with van der Waals surface area (Å²) in [4.78, 5) is 19.6. The molecule has 3 N–H and O–H groups in total. The van der Waals surface area contributed by atoms with Crippen LogP contribution in [0.3, 0.4) is 0 Å². The maximum Gasteiger partial charge on any atom is 0.341 e. The number of nitriles is 1. The van der Waals surface area contributed by atoms with Gasteiger partial charge in [-0.3, -0.25) is 4.72 Å². The predicted molar refractivity (Wildman–Crippen MR) is 116 cm³/mol. The first-order chi connectivity index (χ1) is 14.9. The fourth-order valence-electron chi connectivity index (χ4n) is 3.57. The van der Waals surface area contributed by atoms with Gasteiger partial charge in [0.15, 0.2) is 0 Å². The van der Waals surface area contributed by atoms with E-state index in [1.54, 1.807) is 31.3 Å². The summed E-state index contributed by atoms with van der Waals surface area (Å²) in [6.45, 7) is 1.97. The fraction of sp³-hybridized carbons (Fsp3) is 0.286. The number of sulfonamides is 1. The van der Waals surface area contributed by atoms with E-state index in [0.29, 0.717) is 41.0 Å². The molecule has 1 fully saturated rings. The molecule has 1 saturated carbocycles. The number of anilines is 2. The number of H-pyrrole nitrogens is 1. The van der Waals surface area contributed by atoms with E-state index in [2.05, 4.69) is 20.0 Å². The molecule has 2 heterocycles. The lowest BCUT2D eigenvalue weighted by Gasteiger charge is -2.36. The summed E-state index contributed by atoms with van der Waals surface area (Å²) < 4.78 is 33.1. The normalized spacial score (nSPS) is 18.1. The summed E-state index contributed by atoms with van der Waals surface area (Å²) in [6.07, 6.45) is 3.94. The molecule has 1 aliphatic carbocycles. The van der Waals surface area contributed by atoms with Gasteiger partial charge in [-0.25, -0.2) is 18.2 Å². The number of pyridine rings is 1. The third-order valence-corrected chi connectivity index (χ3v) is 7.00. The second kappa shape index (κ2) is 8.28. The Kier molecular flexibility index (Phi) is 5.52. The van der Waals surface area contributed by atoms with Crippen molar-refractivity contribution in [3.63, 3.8) is 0 Å². The Morgan fingerprint density at radius 1 is 1.35 bits per heavy atom. The van der Waals surface area contributed by atoms with Crippen LogP contribution in [0.1, 0.15) is 35.7 Å². The number of hydrogen-bond donors (Lipinski definition) is 3. The van der Waals surface area contributed by atoms with Crippen molar-refractivity contribution in [3.8, 4) is 6.07 Å². The summed E-state index contributed by atoms with van der Waals surface area (Å²) in [5.41, 5.74) is 2.27. The van der Waals surface area contributed by atoms with Gasteiger partial charge >= 0.3 is 5.97 Å². The molecule has 160 valence electrons. The molecule has 1 aliphatic rings. The van der Waals surface area contributed by atoms with E-state index >= 15 is 0 Å². The number of nitrogens with zero attached hydrogens (tertiary/aromatic N) is 2. The van der Waals surface area contributed by atoms with Crippen molar-refractivity contribution in [2.45, 2.75) is 31.1 Å². The lowest BCUT2D eigenvalue weighted by molar-refractivity contribution is 0.0527. The highest BCUT2D eigenvalue weighted by Gasteiger charge is 2.39. The number of carbonyl (C=O) groups is 1. The molecule has 0 unspecified atom stereocenters. The molecule has 0 spiro atoms. The molecule has 9 nitrogen and oxygen atoms in total. The Hall–Kier alpha value is -3.58. The molecule has 2 aromatic heterocycles. The number of rotatable bonds is 7. The minimum atomic E-state index is -3.60. The van der Waals surface area contributed by atoms with Gasteiger partial charge in [0.05, 0.1) is 29.2 Å². The van der Waals surface area contributed by atoms with E-state index in [-0.39, 0.29) is 12.6 Å². The quantitative estimate of drug-likeness (QED) is 0.481. The van der Waals surface area contributed by atoms with Crippen molar-refractivity contribution in [1.29, 1.82) is 5.26 Å². The van der Waals surface area contributed by atoms with Gasteiger partial charge in [-0.1, -0.05) is 6.07 Å². The Morgan fingerprint density at radius 3 is 2.90 bits per heavy atom. The van der Waals surface area contributed by atoms with Crippen LogP contribution in [0.15, 0.2) is 42.7 Å². The molecule has 0 bridgehead atoms. The van der Waals surface area contributed by atoms with Crippen molar-refractivity contribution < 1.29 is 17.9 Å². The van der Waals surface area contributed by atoms with Crippen molar-refractivity contribution in [1.82, 2.24) is 9.97 Å². The number of fused-ring (bicyclic) bond motifs is 1. The molecular formula is C21H21N5O4S. The smallest absolute Gasteiger partial charge is 0.341 e. The first kappa shape index (κ1) is 20.7. The van der Waals surface area contributed by atoms with E-state index in [4.69, 9.17) is 10.00 Å². The lowest BCUT2D eigenvalue weighted by atomic mass is 9.91. The molecule has 0 atom stereocenters. The molecule has 0 radical (unpaired) electrons. The van der Waals surface area contributed by atoms with Gasteiger partial charge in [0, 0.05) is 29.5 Å². The number of nitrogens with one attached hydrogen (secondary N) is 3. The first-order valence-corrected chi connectivity index (χ1v) is 11.4. The van der Waals surface area contributed by atoms with Crippen molar-refractivity contribution in [3.05, 3.63) is 53.9 Å². The zero-order valence-electron chi connectivity index (χ0n) is 16.8. The molecule has 3 aromatic rings. The summed E-state index contributed by atoms with van der Waals surface area (Å²) in [6, 6.07) is 10.0. The largest absolute Gasteiger partial charge is 0.462 e. The van der Waals surface area contributed by atoms with Gasteiger partial charge in [0.2, 0.25) is 10.0 Å². The zero-order chi connectivity index (χ0) is 22.0. The number of esters is 1. The minimum absolute atomic E-state index is 0.124.